The van der Waals surface area contributed by atoms with Gasteiger partial charge in [0, 0.05) is 18.5 Å². The zero-order chi connectivity index (χ0) is 18.1. The van der Waals surface area contributed by atoms with E-state index in [0.717, 1.165) is 12.8 Å². The number of ketones is 1. The van der Waals surface area contributed by atoms with Gasteiger partial charge in [-0.25, -0.2) is 0 Å². The van der Waals surface area contributed by atoms with E-state index in [4.69, 9.17) is 4.74 Å². The minimum absolute atomic E-state index is 0.0137. The van der Waals surface area contributed by atoms with Gasteiger partial charge in [0.15, 0.2) is 5.78 Å². The van der Waals surface area contributed by atoms with Gasteiger partial charge in [-0.1, -0.05) is 37.6 Å². The minimum atomic E-state index is -0.580. The summed E-state index contributed by atoms with van der Waals surface area (Å²) < 4.78 is 6.20. The fraction of sp³-hybridized carbons (Fsp3) is 0.364. The molecule has 0 bridgehead atoms. The highest BCUT2D eigenvalue weighted by molar-refractivity contribution is 6.00. The second kappa shape index (κ2) is 6.60. The van der Waals surface area contributed by atoms with E-state index in [1.54, 1.807) is 6.07 Å². The summed E-state index contributed by atoms with van der Waals surface area (Å²) in [5.41, 5.74) is 2.02. The van der Waals surface area contributed by atoms with Crippen LogP contribution in [0, 0.1) is 0 Å². The maximum absolute atomic E-state index is 12.9. The average Bonchev–Trinajstić information content (AvgIpc) is 3.05. The molecule has 0 aliphatic carbocycles. The van der Waals surface area contributed by atoms with Crippen molar-refractivity contribution in [2.75, 3.05) is 13.1 Å². The molecule has 1 amide bonds. The molecule has 1 spiro atoms. The van der Waals surface area contributed by atoms with Gasteiger partial charge in [-0.05, 0) is 36.2 Å². The normalized spacial score (nSPS) is 21.6. The zero-order valence-corrected chi connectivity index (χ0v) is 15.0. The molecule has 2 aliphatic rings. The Hall–Kier alpha value is -2.62. The molecule has 4 nitrogen and oxygen atoms in total. The lowest BCUT2D eigenvalue weighted by molar-refractivity contribution is 0.0428. The standard InChI is InChI=1S/C22H23NO3/c1-2-5-16-8-10-17(11-9-16)21(25)23-13-12-22(15-23)14-19(24)18-6-3-4-7-20(18)26-22/h3-4,6-11H,2,5,12-15H2,1H3. The van der Waals surface area contributed by atoms with Crippen LogP contribution in [0.2, 0.25) is 0 Å². The molecule has 2 aliphatic heterocycles. The van der Waals surface area contributed by atoms with Crippen molar-refractivity contribution in [1.29, 1.82) is 0 Å². The number of nitrogens with zero attached hydrogens (tertiary/aromatic N) is 1. The maximum Gasteiger partial charge on any atom is 0.253 e. The third-order valence-electron chi connectivity index (χ3n) is 5.34. The molecule has 4 heteroatoms. The third kappa shape index (κ3) is 3.00. The third-order valence-corrected chi connectivity index (χ3v) is 5.34. The Morgan fingerprint density at radius 3 is 2.69 bits per heavy atom. The van der Waals surface area contributed by atoms with Crippen LogP contribution >= 0.6 is 0 Å². The molecule has 134 valence electrons. The number of ether oxygens (including phenoxy) is 1. The van der Waals surface area contributed by atoms with Crippen molar-refractivity contribution < 1.29 is 14.3 Å². The molecule has 4 rings (SSSR count). The Morgan fingerprint density at radius 2 is 1.92 bits per heavy atom. The first kappa shape index (κ1) is 16.8. The first-order chi connectivity index (χ1) is 12.6. The van der Waals surface area contributed by atoms with Crippen LogP contribution in [0.25, 0.3) is 0 Å². The average molecular weight is 349 g/mol. The molecular weight excluding hydrogens is 326 g/mol. The van der Waals surface area contributed by atoms with Crippen LogP contribution in [0.15, 0.2) is 48.5 Å². The van der Waals surface area contributed by atoms with Crippen molar-refractivity contribution in [3.63, 3.8) is 0 Å². The highest BCUT2D eigenvalue weighted by Gasteiger charge is 2.46. The Morgan fingerprint density at radius 1 is 1.15 bits per heavy atom. The largest absolute Gasteiger partial charge is 0.484 e. The molecule has 1 atom stereocenters. The van der Waals surface area contributed by atoms with E-state index in [-0.39, 0.29) is 11.7 Å². The summed E-state index contributed by atoms with van der Waals surface area (Å²) in [6.45, 7) is 3.22. The first-order valence-corrected chi connectivity index (χ1v) is 9.30. The molecule has 0 radical (unpaired) electrons. The molecule has 2 aromatic carbocycles. The summed E-state index contributed by atoms with van der Waals surface area (Å²) in [4.78, 5) is 27.2. The summed E-state index contributed by atoms with van der Waals surface area (Å²) in [5.74, 6) is 0.756. The van der Waals surface area contributed by atoms with Crippen LogP contribution < -0.4 is 4.74 Å². The van der Waals surface area contributed by atoms with Gasteiger partial charge in [-0.3, -0.25) is 9.59 Å². The number of para-hydroxylation sites is 1. The maximum atomic E-state index is 12.9. The quantitative estimate of drug-likeness (QED) is 0.844. The van der Waals surface area contributed by atoms with E-state index in [1.807, 2.05) is 47.4 Å². The van der Waals surface area contributed by atoms with Gasteiger partial charge in [-0.2, -0.15) is 0 Å². The molecule has 0 aromatic heterocycles. The molecular formula is C22H23NO3. The summed E-state index contributed by atoms with van der Waals surface area (Å²) in [5, 5.41) is 0. The Labute approximate surface area is 153 Å². The summed E-state index contributed by atoms with van der Waals surface area (Å²) in [7, 11) is 0. The number of Topliss-reactive ketones (excluding diaryl/α,β-unsaturated/α-hetero) is 1. The number of benzene rings is 2. The van der Waals surface area contributed by atoms with Gasteiger partial charge in [0.05, 0.1) is 18.5 Å². The number of hydrogen-bond donors (Lipinski definition) is 0. The highest BCUT2D eigenvalue weighted by atomic mass is 16.5. The van der Waals surface area contributed by atoms with E-state index in [1.165, 1.54) is 5.56 Å². The minimum Gasteiger partial charge on any atom is -0.484 e. The van der Waals surface area contributed by atoms with Crippen molar-refractivity contribution in [3.05, 3.63) is 65.2 Å². The molecule has 1 saturated heterocycles. The van der Waals surface area contributed by atoms with Crippen LogP contribution in [0.3, 0.4) is 0 Å². The Balaban J connectivity index is 1.50. The molecule has 0 saturated carbocycles. The lowest BCUT2D eigenvalue weighted by Crippen LogP contribution is -2.45. The van der Waals surface area contributed by atoms with Crippen molar-refractivity contribution in [2.45, 2.75) is 38.2 Å². The zero-order valence-electron chi connectivity index (χ0n) is 15.0. The number of likely N-dealkylation sites (tertiary alicyclic amines) is 1. The topological polar surface area (TPSA) is 46.6 Å². The van der Waals surface area contributed by atoms with E-state index < -0.39 is 5.60 Å². The van der Waals surface area contributed by atoms with Crippen molar-refractivity contribution in [2.24, 2.45) is 0 Å². The van der Waals surface area contributed by atoms with E-state index in [2.05, 4.69) is 6.92 Å². The van der Waals surface area contributed by atoms with Crippen LogP contribution in [0.4, 0.5) is 0 Å². The number of hydrogen-bond acceptors (Lipinski definition) is 3. The van der Waals surface area contributed by atoms with Gasteiger partial charge < -0.3 is 9.64 Å². The molecule has 2 aromatic rings. The fourth-order valence-corrected chi connectivity index (χ4v) is 3.97. The smallest absolute Gasteiger partial charge is 0.253 e. The Kier molecular flexibility index (Phi) is 4.27. The molecule has 1 unspecified atom stereocenters. The summed E-state index contributed by atoms with van der Waals surface area (Å²) in [6, 6.07) is 15.2. The Bertz CT molecular complexity index is 843. The second-order valence-corrected chi connectivity index (χ2v) is 7.30. The number of aryl methyl sites for hydroxylation is 1. The van der Waals surface area contributed by atoms with Crippen LogP contribution in [-0.2, 0) is 6.42 Å². The lowest BCUT2D eigenvalue weighted by atomic mass is 9.89. The highest BCUT2D eigenvalue weighted by Crippen LogP contribution is 2.38. The van der Waals surface area contributed by atoms with Gasteiger partial charge in [0.1, 0.15) is 11.4 Å². The van der Waals surface area contributed by atoms with Gasteiger partial charge in [-0.15, -0.1) is 0 Å². The van der Waals surface area contributed by atoms with Gasteiger partial charge in [0.2, 0.25) is 0 Å². The van der Waals surface area contributed by atoms with E-state index in [9.17, 15) is 9.59 Å². The lowest BCUT2D eigenvalue weighted by Gasteiger charge is -2.34. The van der Waals surface area contributed by atoms with E-state index in [0.29, 0.717) is 42.8 Å². The molecule has 0 N–H and O–H groups in total. The predicted octanol–water partition coefficient (Wildman–Crippen LogP) is 3.89. The molecule has 1 fully saturated rings. The van der Waals surface area contributed by atoms with Crippen LogP contribution in [-0.4, -0.2) is 35.3 Å². The number of rotatable bonds is 3. The van der Waals surface area contributed by atoms with Crippen molar-refractivity contribution in [1.82, 2.24) is 4.90 Å². The van der Waals surface area contributed by atoms with E-state index >= 15 is 0 Å². The number of fused-ring (bicyclic) bond motifs is 1. The SMILES string of the molecule is CCCc1ccc(C(=O)N2CCC3(CC(=O)c4ccccc4O3)C2)cc1. The second-order valence-electron chi connectivity index (χ2n) is 7.30. The number of carbonyl (C=O) groups excluding carboxylic acids is 2. The number of amides is 1. The molecule has 26 heavy (non-hydrogen) atoms. The van der Waals surface area contributed by atoms with Crippen LogP contribution in [0.5, 0.6) is 5.75 Å². The van der Waals surface area contributed by atoms with Gasteiger partial charge >= 0.3 is 0 Å². The monoisotopic (exact) mass is 349 g/mol. The first-order valence-electron chi connectivity index (χ1n) is 9.30. The fourth-order valence-electron chi connectivity index (χ4n) is 3.97. The van der Waals surface area contributed by atoms with Crippen molar-refractivity contribution in [3.8, 4) is 5.75 Å². The number of carbonyl (C=O) groups is 2. The molecule has 2 heterocycles. The van der Waals surface area contributed by atoms with Crippen LogP contribution in [0.1, 0.15) is 52.5 Å². The van der Waals surface area contributed by atoms with Gasteiger partial charge in [0.25, 0.3) is 5.91 Å². The van der Waals surface area contributed by atoms with Crippen molar-refractivity contribution >= 4 is 11.7 Å². The predicted molar refractivity (Wildman–Crippen MR) is 99.7 cm³/mol. The summed E-state index contributed by atoms with van der Waals surface area (Å²) >= 11 is 0. The summed E-state index contributed by atoms with van der Waals surface area (Å²) in [6.07, 6.45) is 3.14.